The number of rotatable bonds is 16. The molecule has 0 spiro atoms. The zero-order valence-electron chi connectivity index (χ0n) is 27.4. The third kappa shape index (κ3) is 11.9. The number of hydrogen-bond acceptors (Lipinski definition) is 7. The predicted octanol–water partition coefficient (Wildman–Crippen LogP) is 3.42. The average molecular weight is 621 g/mol. The third-order valence-electron chi connectivity index (χ3n) is 9.28. The Bertz CT molecular complexity index is 1080. The van der Waals surface area contributed by atoms with Crippen LogP contribution in [0.15, 0.2) is 28.8 Å². The third-order valence-corrected chi connectivity index (χ3v) is 9.28. The van der Waals surface area contributed by atoms with Gasteiger partial charge in [-0.15, -0.1) is 0 Å². The van der Waals surface area contributed by atoms with Gasteiger partial charge in [0.1, 0.15) is 12.1 Å². The molecule has 0 saturated carbocycles. The summed E-state index contributed by atoms with van der Waals surface area (Å²) in [6.45, 7) is 12.0. The number of aliphatic hydroxyl groups is 2. The second-order valence-corrected chi connectivity index (χ2v) is 13.9. The highest BCUT2D eigenvalue weighted by atomic mass is 16.5. The van der Waals surface area contributed by atoms with Crippen LogP contribution in [0, 0.1) is 29.1 Å². The second-order valence-electron chi connectivity index (χ2n) is 13.9. The smallest absolute Gasteiger partial charge is 0.326 e. The van der Waals surface area contributed by atoms with Crippen molar-refractivity contribution in [2.45, 2.75) is 123 Å². The molecule has 0 aliphatic heterocycles. The quantitative estimate of drug-likeness (QED) is 0.0648. The molecule has 1 amide bonds. The van der Waals surface area contributed by atoms with Gasteiger partial charge in [0.25, 0.3) is 0 Å². The molecule has 0 aromatic carbocycles. The van der Waals surface area contributed by atoms with Gasteiger partial charge in [0.05, 0.1) is 23.5 Å². The molecule has 11 nitrogen and oxygen atoms in total. The number of carboxylic acid groups (broad SMARTS) is 1. The average Bonchev–Trinajstić information content (AvgIpc) is 3.16. The van der Waals surface area contributed by atoms with Crippen LogP contribution in [0.1, 0.15) is 99.3 Å². The maximum absolute atomic E-state index is 13.1. The van der Waals surface area contributed by atoms with Crippen molar-refractivity contribution in [1.82, 2.24) is 5.32 Å². The number of hydrogen-bond donors (Lipinski definition) is 6. The molecular weight excluding hydrogens is 564 g/mol. The first-order chi connectivity index (χ1) is 20.4. The Hall–Kier alpha value is -2.92. The summed E-state index contributed by atoms with van der Waals surface area (Å²) in [5.41, 5.74) is 9.96. The van der Waals surface area contributed by atoms with E-state index in [1.807, 2.05) is 20.8 Å². The van der Waals surface area contributed by atoms with Crippen molar-refractivity contribution < 1.29 is 34.4 Å². The zero-order chi connectivity index (χ0) is 33.2. The van der Waals surface area contributed by atoms with Crippen molar-refractivity contribution in [3.63, 3.8) is 0 Å². The number of nitrogens with one attached hydrogen (secondary N) is 1. The molecule has 250 valence electrons. The molecule has 2 aliphatic rings. The molecule has 0 fully saturated rings. The van der Waals surface area contributed by atoms with Gasteiger partial charge < -0.3 is 36.8 Å². The van der Waals surface area contributed by atoms with E-state index >= 15 is 0 Å². The van der Waals surface area contributed by atoms with Crippen molar-refractivity contribution in [2.24, 2.45) is 45.5 Å². The van der Waals surface area contributed by atoms with Crippen LogP contribution in [0.4, 0.5) is 0 Å². The minimum absolute atomic E-state index is 0.0461. The van der Waals surface area contributed by atoms with Gasteiger partial charge in [-0.25, -0.2) is 4.79 Å². The molecule has 0 aromatic rings. The van der Waals surface area contributed by atoms with Crippen LogP contribution < -0.4 is 16.8 Å². The molecule has 8 atom stereocenters. The first-order valence-electron chi connectivity index (χ1n) is 16.0. The van der Waals surface area contributed by atoms with E-state index in [0.29, 0.717) is 25.7 Å². The number of carbonyl (C=O) groups is 3. The Labute approximate surface area is 262 Å². The Kier molecular flexibility index (Phi) is 13.9. The lowest BCUT2D eigenvalue weighted by Gasteiger charge is -2.38. The van der Waals surface area contributed by atoms with E-state index in [2.05, 4.69) is 42.4 Å². The Morgan fingerprint density at radius 1 is 1.20 bits per heavy atom. The number of allylic oxidation sites excluding steroid dienone is 4. The lowest BCUT2D eigenvalue weighted by atomic mass is 9.73. The molecule has 11 heteroatoms. The summed E-state index contributed by atoms with van der Waals surface area (Å²) in [7, 11) is 0. The highest BCUT2D eigenvalue weighted by molar-refractivity contribution is 5.83. The van der Waals surface area contributed by atoms with Crippen LogP contribution in [0.25, 0.3) is 0 Å². The number of esters is 1. The van der Waals surface area contributed by atoms with E-state index in [9.17, 15) is 29.7 Å². The highest BCUT2D eigenvalue weighted by Crippen LogP contribution is 2.43. The van der Waals surface area contributed by atoms with E-state index in [1.54, 1.807) is 6.92 Å². The van der Waals surface area contributed by atoms with Crippen LogP contribution in [0.2, 0.25) is 0 Å². The van der Waals surface area contributed by atoms with E-state index in [-0.39, 0.29) is 67.5 Å². The van der Waals surface area contributed by atoms with Gasteiger partial charge in [0.2, 0.25) is 5.91 Å². The van der Waals surface area contributed by atoms with Crippen molar-refractivity contribution in [2.75, 3.05) is 6.54 Å². The number of carboxylic acids is 1. The first kappa shape index (κ1) is 37.3. The van der Waals surface area contributed by atoms with Crippen molar-refractivity contribution in [1.29, 1.82) is 0 Å². The number of aliphatic carboxylic acids is 1. The van der Waals surface area contributed by atoms with E-state index in [1.165, 1.54) is 5.57 Å². The minimum atomic E-state index is -1.27. The summed E-state index contributed by atoms with van der Waals surface area (Å²) < 4.78 is 6.24. The second kappa shape index (κ2) is 16.4. The summed E-state index contributed by atoms with van der Waals surface area (Å²) in [6, 6.07) is -1.14. The van der Waals surface area contributed by atoms with Crippen molar-refractivity contribution in [3.8, 4) is 0 Å². The van der Waals surface area contributed by atoms with E-state index < -0.39 is 35.0 Å². The number of amides is 1. The lowest BCUT2D eigenvalue weighted by molar-refractivity contribution is -0.165. The molecular formula is C33H56N4O7. The molecule has 8 N–H and O–H groups in total. The molecule has 0 saturated heterocycles. The fourth-order valence-corrected chi connectivity index (χ4v) is 6.25. The molecule has 0 heterocycles. The van der Waals surface area contributed by atoms with Crippen LogP contribution >= 0.6 is 0 Å². The Morgan fingerprint density at radius 3 is 2.50 bits per heavy atom. The predicted molar refractivity (Wildman–Crippen MR) is 170 cm³/mol. The standard InChI is InChI=1S/C33H56N4O7/c1-7-32(4,5)30(42)44-27-16-20(2)15-22-11-10-21(3)24(25(27)17-22)12-13-33(6,43)19-23(38)18-28(39)37-26(29(40)41)9-8-14-36-31(34)35/h10-11,15,20-21,23-27,38,43H,7-9,12-14,16-19H2,1-6H3,(H,37,39)(H,40,41)(H4,34,35,36)/t20-,21-,23-,24-,25?,26?,27-,33?/m0/s1. The summed E-state index contributed by atoms with van der Waals surface area (Å²) in [5.74, 6) is -1.42. The summed E-state index contributed by atoms with van der Waals surface area (Å²) in [5, 5.41) is 33.9. The maximum Gasteiger partial charge on any atom is 0.326 e. The van der Waals surface area contributed by atoms with Crippen molar-refractivity contribution in [3.05, 3.63) is 23.8 Å². The topological polar surface area (TPSA) is 198 Å². The Balaban J connectivity index is 2.04. The van der Waals surface area contributed by atoms with Crippen LogP contribution in [0.3, 0.4) is 0 Å². The fourth-order valence-electron chi connectivity index (χ4n) is 6.25. The zero-order valence-corrected chi connectivity index (χ0v) is 27.4. The van der Waals surface area contributed by atoms with Crippen LogP contribution in [-0.2, 0) is 19.1 Å². The highest BCUT2D eigenvalue weighted by Gasteiger charge is 2.41. The SMILES string of the molecule is CCC(C)(C)C(=O)O[C@H]1C[C@@H](C)C=C2C=C[C@H](C)[C@H](CCC(C)(O)C[C@@H](O)CC(=O)NC(CCCN=C(N)N)C(=O)O)C1C2. The number of carbonyl (C=O) groups excluding carboxylic acids is 2. The fraction of sp³-hybridized carbons (Fsp3) is 0.758. The minimum Gasteiger partial charge on any atom is -0.480 e. The molecule has 2 bridgehead atoms. The Morgan fingerprint density at radius 2 is 1.89 bits per heavy atom. The van der Waals surface area contributed by atoms with Gasteiger partial charge in [0, 0.05) is 18.9 Å². The van der Waals surface area contributed by atoms with E-state index in [4.69, 9.17) is 16.2 Å². The van der Waals surface area contributed by atoms with Crippen LogP contribution in [-0.4, -0.2) is 69.5 Å². The number of fused-ring (bicyclic) bond motifs is 2. The van der Waals surface area contributed by atoms with Gasteiger partial charge >= 0.3 is 11.9 Å². The van der Waals surface area contributed by atoms with Gasteiger partial charge in [-0.1, -0.05) is 44.6 Å². The number of aliphatic imine (C=N–C) groups is 1. The molecule has 44 heavy (non-hydrogen) atoms. The van der Waals surface area contributed by atoms with Gasteiger partial charge in [-0.05, 0) is 83.5 Å². The van der Waals surface area contributed by atoms with Gasteiger partial charge in [0.15, 0.2) is 5.96 Å². The molecule has 0 aromatic heterocycles. The van der Waals surface area contributed by atoms with E-state index in [0.717, 1.165) is 12.8 Å². The lowest BCUT2D eigenvalue weighted by Crippen LogP contribution is -2.43. The number of nitrogens with zero attached hydrogens (tertiary/aromatic N) is 1. The maximum atomic E-state index is 13.1. The summed E-state index contributed by atoms with van der Waals surface area (Å²) >= 11 is 0. The van der Waals surface area contributed by atoms with Crippen molar-refractivity contribution >= 4 is 23.8 Å². The molecule has 0 radical (unpaired) electrons. The number of nitrogens with two attached hydrogens (primary N) is 2. The number of ether oxygens (including phenoxy) is 1. The monoisotopic (exact) mass is 620 g/mol. The summed E-state index contributed by atoms with van der Waals surface area (Å²) in [6.07, 6.45) is 8.59. The molecule has 3 unspecified atom stereocenters. The normalized spacial score (nSPS) is 26.2. The summed E-state index contributed by atoms with van der Waals surface area (Å²) in [4.78, 5) is 41.1. The van der Waals surface area contributed by atoms with Gasteiger partial charge in [-0.3, -0.25) is 14.6 Å². The molecule has 2 rings (SSSR count). The molecule has 2 aliphatic carbocycles. The first-order valence-corrected chi connectivity index (χ1v) is 16.0. The largest absolute Gasteiger partial charge is 0.480 e. The number of aliphatic hydroxyl groups excluding tert-OH is 1. The van der Waals surface area contributed by atoms with Gasteiger partial charge in [-0.2, -0.15) is 0 Å². The van der Waals surface area contributed by atoms with Crippen LogP contribution in [0.5, 0.6) is 0 Å². The number of guanidine groups is 1.